The molecule has 198 valence electrons. The fourth-order valence-electron chi connectivity index (χ4n) is 4.87. The second-order valence-corrected chi connectivity index (χ2v) is 12.8. The van der Waals surface area contributed by atoms with Gasteiger partial charge in [0.05, 0.1) is 47.4 Å². The zero-order valence-electron chi connectivity index (χ0n) is 21.0. The molecule has 0 unspecified atom stereocenters. The number of aliphatic hydroxyl groups is 1. The van der Waals surface area contributed by atoms with Crippen LogP contribution in [0.3, 0.4) is 0 Å². The monoisotopic (exact) mass is 553 g/mol. The third-order valence-corrected chi connectivity index (χ3v) is 9.01. The van der Waals surface area contributed by atoms with Gasteiger partial charge in [-0.1, -0.05) is 54.9 Å². The van der Waals surface area contributed by atoms with Crippen LogP contribution in [0.5, 0.6) is 0 Å². The van der Waals surface area contributed by atoms with E-state index in [2.05, 4.69) is 9.36 Å². The fourth-order valence-corrected chi connectivity index (χ4v) is 5.83. The number of benzene rings is 2. The van der Waals surface area contributed by atoms with Crippen molar-refractivity contribution < 1.29 is 23.5 Å². The Morgan fingerprint density at radius 1 is 1.05 bits per heavy atom. The number of aliphatic imine (C=N–C) groups is 1. The molecular weight excluding hydrogens is 526 g/mol. The predicted octanol–water partition coefficient (Wildman–Crippen LogP) is 4.95. The van der Waals surface area contributed by atoms with E-state index < -0.39 is 15.8 Å². The van der Waals surface area contributed by atoms with Crippen molar-refractivity contribution in [1.82, 2.24) is 4.98 Å². The van der Waals surface area contributed by atoms with Crippen molar-refractivity contribution in [2.24, 2.45) is 9.36 Å². The topological polar surface area (TPSA) is 103 Å². The van der Waals surface area contributed by atoms with E-state index in [0.717, 1.165) is 22.4 Å². The first kappa shape index (κ1) is 25.5. The van der Waals surface area contributed by atoms with Crippen molar-refractivity contribution in [3.05, 3.63) is 65.3 Å². The molecule has 6 rings (SSSR count). The van der Waals surface area contributed by atoms with Crippen molar-refractivity contribution in [3.8, 4) is 22.4 Å². The third-order valence-electron chi connectivity index (χ3n) is 7.06. The summed E-state index contributed by atoms with van der Waals surface area (Å²) in [4.78, 5) is 9.39. The second kappa shape index (κ2) is 10.1. The van der Waals surface area contributed by atoms with Crippen molar-refractivity contribution in [1.29, 1.82) is 0 Å². The fraction of sp³-hybridized carbons (Fsp3) is 0.357. The van der Waals surface area contributed by atoms with E-state index in [9.17, 15) is 9.32 Å². The first-order valence-corrected chi connectivity index (χ1v) is 15.0. The van der Waals surface area contributed by atoms with Crippen LogP contribution in [0.2, 0.25) is 5.02 Å². The number of nitrogens with zero attached hydrogens (tertiary/aromatic N) is 3. The summed E-state index contributed by atoms with van der Waals surface area (Å²) < 4.78 is 34.0. The number of fused-ring (bicyclic) bond motifs is 2. The van der Waals surface area contributed by atoms with Crippen LogP contribution in [0.15, 0.2) is 64.0 Å². The van der Waals surface area contributed by atoms with Crippen LogP contribution >= 0.6 is 11.6 Å². The number of hydrogen-bond acceptors (Lipinski definition) is 8. The summed E-state index contributed by atoms with van der Waals surface area (Å²) in [6.07, 6.45) is 0.546. The van der Waals surface area contributed by atoms with Crippen molar-refractivity contribution in [3.63, 3.8) is 0 Å². The van der Waals surface area contributed by atoms with Crippen molar-refractivity contribution in [2.45, 2.75) is 37.8 Å². The Labute approximate surface area is 226 Å². The van der Waals surface area contributed by atoms with E-state index in [-0.39, 0.29) is 24.9 Å². The van der Waals surface area contributed by atoms with Gasteiger partial charge in [-0.25, -0.2) is 14.2 Å². The molecule has 10 heteroatoms. The average molecular weight is 554 g/mol. The van der Waals surface area contributed by atoms with Crippen molar-refractivity contribution in [2.75, 3.05) is 25.2 Å². The number of ether oxygens (including phenoxy) is 3. The van der Waals surface area contributed by atoms with Gasteiger partial charge in [-0.2, -0.15) is 4.36 Å². The van der Waals surface area contributed by atoms with Crippen LogP contribution in [0.25, 0.3) is 22.4 Å². The average Bonchev–Trinajstić information content (AvgIpc) is 3.60. The van der Waals surface area contributed by atoms with Gasteiger partial charge in [0, 0.05) is 27.3 Å². The standard InChI is InChI=1S/C28H28ClN3O5S/c1-3-38(2,34)32-19-10-8-17(9-11-19)16-4-6-18(7-5-16)26-20(29)12-21-22(31-26)13-25(30-21)37-24-15-36-27-23(33)14-35-28(24)27/h4-12,23-24,27-28,33H,3,13-15H2,1-2H3/t23-,24-,27-,28-,38-/m1/s1. The minimum Gasteiger partial charge on any atom is -0.472 e. The third kappa shape index (κ3) is 4.97. The summed E-state index contributed by atoms with van der Waals surface area (Å²) in [7, 11) is -2.19. The highest BCUT2D eigenvalue weighted by Crippen LogP contribution is 2.37. The highest BCUT2D eigenvalue weighted by atomic mass is 35.5. The molecule has 3 aliphatic heterocycles. The van der Waals surface area contributed by atoms with Gasteiger partial charge in [-0.05, 0) is 29.3 Å². The van der Waals surface area contributed by atoms with Gasteiger partial charge >= 0.3 is 0 Å². The predicted molar refractivity (Wildman–Crippen MR) is 148 cm³/mol. The van der Waals surface area contributed by atoms with Crippen LogP contribution in [-0.2, 0) is 30.4 Å². The van der Waals surface area contributed by atoms with Gasteiger partial charge in [0.1, 0.15) is 18.3 Å². The number of aromatic nitrogens is 1. The van der Waals surface area contributed by atoms with E-state index in [1.54, 1.807) is 6.26 Å². The summed E-state index contributed by atoms with van der Waals surface area (Å²) in [5.41, 5.74) is 5.87. The van der Waals surface area contributed by atoms with Gasteiger partial charge in [0.2, 0.25) is 0 Å². The molecule has 3 aliphatic rings. The molecule has 4 heterocycles. The smallest absolute Gasteiger partial charge is 0.195 e. The maximum atomic E-state index is 12.3. The Morgan fingerprint density at radius 3 is 2.42 bits per heavy atom. The molecule has 3 aromatic rings. The summed E-state index contributed by atoms with van der Waals surface area (Å²) in [5, 5.41) is 10.5. The molecule has 38 heavy (non-hydrogen) atoms. The molecule has 1 N–H and O–H groups in total. The zero-order valence-corrected chi connectivity index (χ0v) is 22.6. The van der Waals surface area contributed by atoms with Crippen LogP contribution in [0.1, 0.15) is 12.6 Å². The number of hydrogen-bond donors (Lipinski definition) is 1. The van der Waals surface area contributed by atoms with Crippen LogP contribution in [-0.4, -0.2) is 69.8 Å². The van der Waals surface area contributed by atoms with Crippen LogP contribution in [0.4, 0.5) is 11.4 Å². The molecule has 8 nitrogen and oxygen atoms in total. The molecule has 5 atom stereocenters. The molecular formula is C28H28ClN3O5S. The van der Waals surface area contributed by atoms with Crippen LogP contribution < -0.4 is 0 Å². The molecule has 2 saturated heterocycles. The van der Waals surface area contributed by atoms with Crippen molar-refractivity contribution >= 4 is 38.6 Å². The Hall–Kier alpha value is -2.82. The zero-order chi connectivity index (χ0) is 26.4. The lowest BCUT2D eigenvalue weighted by Gasteiger charge is -2.17. The normalized spacial score (nSPS) is 25.4. The molecule has 0 bridgehead atoms. The second-order valence-electron chi connectivity index (χ2n) is 9.75. The Balaban J connectivity index is 1.16. The summed E-state index contributed by atoms with van der Waals surface area (Å²) in [6.45, 7) is 2.48. The van der Waals surface area contributed by atoms with Gasteiger partial charge in [0.25, 0.3) is 0 Å². The minimum atomic E-state index is -2.19. The highest BCUT2D eigenvalue weighted by molar-refractivity contribution is 7.93. The van der Waals surface area contributed by atoms with Gasteiger partial charge < -0.3 is 19.3 Å². The summed E-state index contributed by atoms with van der Waals surface area (Å²) in [5.74, 6) is 1.06. The summed E-state index contributed by atoms with van der Waals surface area (Å²) >= 11 is 6.61. The van der Waals surface area contributed by atoms with E-state index in [1.807, 2.05) is 61.5 Å². The lowest BCUT2D eigenvalue weighted by Crippen LogP contribution is -2.34. The van der Waals surface area contributed by atoms with Gasteiger partial charge in [-0.15, -0.1) is 0 Å². The first-order chi connectivity index (χ1) is 18.3. The van der Waals surface area contributed by atoms with E-state index in [0.29, 0.717) is 46.8 Å². The largest absolute Gasteiger partial charge is 0.472 e. The molecule has 0 spiro atoms. The van der Waals surface area contributed by atoms with Crippen LogP contribution in [0, 0.1) is 0 Å². The summed E-state index contributed by atoms with van der Waals surface area (Å²) in [6, 6.07) is 17.6. The highest BCUT2D eigenvalue weighted by Gasteiger charge is 2.49. The van der Waals surface area contributed by atoms with E-state index in [1.165, 1.54) is 0 Å². The number of rotatable bonds is 5. The molecule has 0 saturated carbocycles. The lowest BCUT2D eigenvalue weighted by molar-refractivity contribution is 0.00558. The molecule has 0 amide bonds. The molecule has 2 fully saturated rings. The Morgan fingerprint density at radius 2 is 1.71 bits per heavy atom. The SMILES string of the molecule is CC[S@@](C)(=O)=Nc1ccc(-c2ccc(-c3nc4c(cc3Cl)N=C(O[C@@H]3CO[C@H]5[C@@H]3OC[C@H]5O)C4)cc2)cc1. The number of aliphatic hydroxyl groups excluding tert-OH is 1. The van der Waals surface area contributed by atoms with E-state index >= 15 is 0 Å². The molecule has 2 aromatic carbocycles. The maximum Gasteiger partial charge on any atom is 0.195 e. The minimum absolute atomic E-state index is 0.253. The quantitative estimate of drug-likeness (QED) is 0.480. The van der Waals surface area contributed by atoms with Gasteiger partial charge in [0.15, 0.2) is 12.0 Å². The van der Waals surface area contributed by atoms with Gasteiger partial charge in [-0.3, -0.25) is 0 Å². The molecule has 1 aromatic heterocycles. The Kier molecular flexibility index (Phi) is 6.74. The molecule has 0 aliphatic carbocycles. The van der Waals surface area contributed by atoms with E-state index in [4.69, 9.17) is 30.8 Å². The number of pyridine rings is 1. The Bertz CT molecular complexity index is 1520. The first-order valence-electron chi connectivity index (χ1n) is 12.6. The molecule has 0 radical (unpaired) electrons. The number of halogens is 1. The maximum absolute atomic E-state index is 12.3. The lowest BCUT2D eigenvalue weighted by atomic mass is 10.0.